The number of aryl methyl sites for hydroxylation is 4. The molecule has 0 aliphatic carbocycles. The molecule has 0 bridgehead atoms. The molecule has 0 unspecified atom stereocenters. The number of thiophene rings is 1. The predicted octanol–water partition coefficient (Wildman–Crippen LogP) is 5.94. The number of nitrogens with zero attached hydrogens (tertiary/aromatic N) is 2. The Morgan fingerprint density at radius 1 is 1.03 bits per heavy atom. The van der Waals surface area contributed by atoms with Crippen LogP contribution in [0.1, 0.15) is 45.9 Å². The lowest BCUT2D eigenvalue weighted by molar-refractivity contribution is 0.0957. The first-order valence-corrected chi connectivity index (χ1v) is 12.4. The van der Waals surface area contributed by atoms with E-state index >= 15 is 0 Å². The summed E-state index contributed by atoms with van der Waals surface area (Å²) in [6, 6.07) is 18.4. The van der Waals surface area contributed by atoms with Gasteiger partial charge in [-0.25, -0.2) is 4.98 Å². The Hall–Kier alpha value is -3.12. The van der Waals surface area contributed by atoms with Crippen molar-refractivity contribution in [1.82, 2.24) is 14.9 Å². The molecule has 0 radical (unpaired) electrons. The van der Waals surface area contributed by atoms with Crippen LogP contribution in [0.25, 0.3) is 11.0 Å². The first-order valence-electron chi connectivity index (χ1n) is 11.6. The Balaban J connectivity index is 1.29. The molecule has 5 nitrogen and oxygen atoms in total. The lowest BCUT2D eigenvalue weighted by atomic mass is 10.1. The number of hydrogen-bond donors (Lipinski definition) is 1. The molecule has 4 rings (SSSR count). The van der Waals surface area contributed by atoms with Crippen molar-refractivity contribution in [3.8, 4) is 5.75 Å². The zero-order valence-electron chi connectivity index (χ0n) is 19.3. The van der Waals surface area contributed by atoms with E-state index in [0.29, 0.717) is 13.2 Å². The van der Waals surface area contributed by atoms with E-state index in [2.05, 4.69) is 60.1 Å². The number of imidazole rings is 1. The Bertz CT molecular complexity index is 1180. The molecule has 0 spiro atoms. The number of carbonyl (C=O) groups excluding carboxylic acids is 1. The highest BCUT2D eigenvalue weighted by Crippen LogP contribution is 2.19. The summed E-state index contributed by atoms with van der Waals surface area (Å²) < 4.78 is 8.30. The van der Waals surface area contributed by atoms with Crippen molar-refractivity contribution in [3.05, 3.63) is 81.8 Å². The lowest BCUT2D eigenvalue weighted by Gasteiger charge is -2.11. The molecule has 0 aliphatic rings. The van der Waals surface area contributed by atoms with Crippen molar-refractivity contribution < 1.29 is 9.53 Å². The molecule has 2 aromatic heterocycles. The van der Waals surface area contributed by atoms with Gasteiger partial charge in [-0.2, -0.15) is 0 Å². The van der Waals surface area contributed by atoms with E-state index in [1.165, 1.54) is 28.0 Å². The molecule has 172 valence electrons. The van der Waals surface area contributed by atoms with Crippen LogP contribution in [0.5, 0.6) is 5.75 Å². The van der Waals surface area contributed by atoms with Gasteiger partial charge < -0.3 is 14.6 Å². The number of benzene rings is 2. The molecular weight excluding hydrogens is 430 g/mol. The Morgan fingerprint density at radius 3 is 2.64 bits per heavy atom. The molecule has 0 saturated heterocycles. The molecule has 33 heavy (non-hydrogen) atoms. The second-order valence-corrected chi connectivity index (χ2v) is 9.33. The van der Waals surface area contributed by atoms with Gasteiger partial charge in [-0.15, -0.1) is 11.3 Å². The van der Waals surface area contributed by atoms with E-state index in [9.17, 15) is 4.79 Å². The van der Waals surface area contributed by atoms with Gasteiger partial charge >= 0.3 is 0 Å². The fourth-order valence-corrected chi connectivity index (χ4v) is 4.73. The highest BCUT2D eigenvalue weighted by Gasteiger charge is 2.11. The fraction of sp³-hybridized carbons (Fsp3) is 0.333. The molecule has 1 N–H and O–H groups in total. The minimum Gasteiger partial charge on any atom is -0.494 e. The second-order valence-electron chi connectivity index (χ2n) is 8.38. The second kappa shape index (κ2) is 11.1. The highest BCUT2D eigenvalue weighted by atomic mass is 32.1. The summed E-state index contributed by atoms with van der Waals surface area (Å²) in [5.41, 5.74) is 4.66. The van der Waals surface area contributed by atoms with Crippen LogP contribution in [-0.2, 0) is 13.0 Å². The van der Waals surface area contributed by atoms with E-state index < -0.39 is 0 Å². The molecule has 0 aliphatic heterocycles. The van der Waals surface area contributed by atoms with E-state index in [0.717, 1.165) is 54.2 Å². The number of fused-ring (bicyclic) bond motifs is 1. The highest BCUT2D eigenvalue weighted by molar-refractivity contribution is 7.12. The first kappa shape index (κ1) is 23.1. The smallest absolute Gasteiger partial charge is 0.261 e. The van der Waals surface area contributed by atoms with E-state index in [4.69, 9.17) is 9.72 Å². The molecule has 2 heterocycles. The minimum atomic E-state index is 0.00214. The van der Waals surface area contributed by atoms with Gasteiger partial charge in [0.2, 0.25) is 0 Å². The van der Waals surface area contributed by atoms with Crippen LogP contribution >= 0.6 is 11.3 Å². The largest absolute Gasteiger partial charge is 0.494 e. The topological polar surface area (TPSA) is 56.1 Å². The maximum Gasteiger partial charge on any atom is 0.261 e. The van der Waals surface area contributed by atoms with Crippen LogP contribution in [0.15, 0.2) is 60.0 Å². The van der Waals surface area contributed by atoms with Crippen LogP contribution in [0.2, 0.25) is 0 Å². The number of para-hydroxylation sites is 2. The average Bonchev–Trinajstić information content (AvgIpc) is 3.44. The quantitative estimate of drug-likeness (QED) is 0.281. The third-order valence-electron chi connectivity index (χ3n) is 5.58. The molecule has 4 aromatic rings. The summed E-state index contributed by atoms with van der Waals surface area (Å²) in [6.07, 6.45) is 3.69. The van der Waals surface area contributed by atoms with E-state index in [1.807, 2.05) is 23.6 Å². The zero-order chi connectivity index (χ0) is 23.0. The molecule has 0 atom stereocenters. The molecule has 0 fully saturated rings. The number of amides is 1. The summed E-state index contributed by atoms with van der Waals surface area (Å²) in [5, 5.41) is 4.93. The standard InChI is InChI=1S/C27H31N3O2S/c1-20-17-21(2)19-22(18-20)32-15-6-5-14-30-24-10-4-3-9-23(24)29-26(30)12-7-13-28-27(31)25-11-8-16-33-25/h3-4,8-11,16-19H,5-7,12-15H2,1-2H3,(H,28,31). The molecule has 6 heteroatoms. The van der Waals surface area contributed by atoms with Gasteiger partial charge in [0.25, 0.3) is 5.91 Å². The van der Waals surface area contributed by atoms with Crippen LogP contribution < -0.4 is 10.1 Å². The van der Waals surface area contributed by atoms with Gasteiger partial charge in [-0.05, 0) is 79.9 Å². The first-order chi connectivity index (χ1) is 16.1. The lowest BCUT2D eigenvalue weighted by Crippen LogP contribution is -2.24. The van der Waals surface area contributed by atoms with Crippen LogP contribution in [0.3, 0.4) is 0 Å². The normalized spacial score (nSPS) is 11.1. The molecular formula is C27H31N3O2S. The number of carbonyl (C=O) groups is 1. The number of aromatic nitrogens is 2. The Labute approximate surface area is 199 Å². The minimum absolute atomic E-state index is 0.00214. The molecule has 2 aromatic carbocycles. The van der Waals surface area contributed by atoms with Crippen molar-refractivity contribution in [2.75, 3.05) is 13.2 Å². The van der Waals surface area contributed by atoms with Crippen LogP contribution in [-0.4, -0.2) is 28.6 Å². The van der Waals surface area contributed by atoms with Crippen molar-refractivity contribution >= 4 is 28.3 Å². The summed E-state index contributed by atoms with van der Waals surface area (Å²) in [6.45, 7) is 6.45. The number of hydrogen-bond acceptors (Lipinski definition) is 4. The van der Waals surface area contributed by atoms with Crippen LogP contribution in [0, 0.1) is 13.8 Å². The van der Waals surface area contributed by atoms with Gasteiger partial charge in [0.1, 0.15) is 11.6 Å². The maximum absolute atomic E-state index is 12.1. The Morgan fingerprint density at radius 2 is 1.85 bits per heavy atom. The number of unbranched alkanes of at least 4 members (excludes halogenated alkanes) is 1. The Kier molecular flexibility index (Phi) is 7.79. The average molecular weight is 462 g/mol. The maximum atomic E-state index is 12.1. The van der Waals surface area contributed by atoms with Crippen LogP contribution in [0.4, 0.5) is 0 Å². The molecule has 0 saturated carbocycles. The summed E-state index contributed by atoms with van der Waals surface area (Å²) >= 11 is 1.46. The predicted molar refractivity (Wildman–Crippen MR) is 135 cm³/mol. The van der Waals surface area contributed by atoms with E-state index in [-0.39, 0.29) is 5.91 Å². The van der Waals surface area contributed by atoms with Crippen molar-refractivity contribution in [2.24, 2.45) is 0 Å². The summed E-state index contributed by atoms with van der Waals surface area (Å²) in [7, 11) is 0. The van der Waals surface area contributed by atoms with Gasteiger partial charge in [0, 0.05) is 19.5 Å². The number of rotatable bonds is 11. The van der Waals surface area contributed by atoms with Gasteiger partial charge in [-0.3, -0.25) is 4.79 Å². The summed E-state index contributed by atoms with van der Waals surface area (Å²) in [5.74, 6) is 2.03. The zero-order valence-corrected chi connectivity index (χ0v) is 20.2. The van der Waals surface area contributed by atoms with Crippen molar-refractivity contribution in [3.63, 3.8) is 0 Å². The monoisotopic (exact) mass is 461 g/mol. The van der Waals surface area contributed by atoms with Gasteiger partial charge in [-0.1, -0.05) is 24.3 Å². The van der Waals surface area contributed by atoms with Crippen molar-refractivity contribution in [1.29, 1.82) is 0 Å². The van der Waals surface area contributed by atoms with E-state index in [1.54, 1.807) is 0 Å². The van der Waals surface area contributed by atoms with Gasteiger partial charge in [0.05, 0.1) is 22.5 Å². The summed E-state index contributed by atoms with van der Waals surface area (Å²) in [4.78, 5) is 17.8. The fourth-order valence-electron chi connectivity index (χ4n) is 4.09. The number of ether oxygens (including phenoxy) is 1. The third-order valence-corrected chi connectivity index (χ3v) is 6.45. The SMILES string of the molecule is Cc1cc(C)cc(OCCCCn2c(CCCNC(=O)c3cccs3)nc3ccccc32)c1. The third kappa shape index (κ3) is 6.23. The number of nitrogens with one attached hydrogen (secondary N) is 1. The van der Waals surface area contributed by atoms with Crippen molar-refractivity contribution in [2.45, 2.75) is 46.1 Å². The van der Waals surface area contributed by atoms with Gasteiger partial charge in [0.15, 0.2) is 0 Å². The molecule has 1 amide bonds.